The second kappa shape index (κ2) is 8.73. The molecular formula is C20H21N3O3S. The van der Waals surface area contributed by atoms with E-state index in [1.54, 1.807) is 0 Å². The molecule has 1 N–H and O–H groups in total. The van der Waals surface area contributed by atoms with Crippen molar-refractivity contribution in [1.29, 1.82) is 0 Å². The van der Waals surface area contributed by atoms with E-state index in [2.05, 4.69) is 21.6 Å². The molecule has 0 bridgehead atoms. The van der Waals surface area contributed by atoms with Crippen LogP contribution in [0.25, 0.3) is 0 Å². The molecule has 1 heterocycles. The van der Waals surface area contributed by atoms with E-state index in [0.29, 0.717) is 11.1 Å². The van der Waals surface area contributed by atoms with Gasteiger partial charge in [0, 0.05) is 5.69 Å². The number of rotatable bonds is 7. The van der Waals surface area contributed by atoms with E-state index in [0.717, 1.165) is 28.1 Å². The minimum atomic E-state index is -0.130. The van der Waals surface area contributed by atoms with Gasteiger partial charge < -0.3 is 14.5 Å². The number of hydrogen-bond acceptors (Lipinski definition) is 6. The van der Waals surface area contributed by atoms with Crippen molar-refractivity contribution < 1.29 is 13.9 Å². The summed E-state index contributed by atoms with van der Waals surface area (Å²) in [5.41, 5.74) is 4.17. The summed E-state index contributed by atoms with van der Waals surface area (Å²) in [6, 6.07) is 13.6. The summed E-state index contributed by atoms with van der Waals surface area (Å²) >= 11 is 1.19. The Morgan fingerprint density at radius 2 is 1.74 bits per heavy atom. The van der Waals surface area contributed by atoms with Crippen LogP contribution in [-0.4, -0.2) is 21.9 Å². The van der Waals surface area contributed by atoms with Crippen molar-refractivity contribution in [2.45, 2.75) is 32.6 Å². The first-order chi connectivity index (χ1) is 13.0. The Balaban J connectivity index is 1.47. The zero-order chi connectivity index (χ0) is 19.2. The van der Waals surface area contributed by atoms with Crippen LogP contribution in [0.15, 0.2) is 52.1 Å². The van der Waals surface area contributed by atoms with Crippen molar-refractivity contribution in [3.63, 3.8) is 0 Å². The molecule has 1 aromatic heterocycles. The number of amides is 1. The molecule has 0 unspecified atom stereocenters. The molecule has 27 heavy (non-hydrogen) atoms. The van der Waals surface area contributed by atoms with Crippen LogP contribution >= 0.6 is 11.8 Å². The molecule has 140 valence electrons. The van der Waals surface area contributed by atoms with Gasteiger partial charge in [-0.05, 0) is 56.2 Å². The van der Waals surface area contributed by atoms with Crippen LogP contribution in [-0.2, 0) is 11.4 Å². The zero-order valence-electron chi connectivity index (χ0n) is 15.5. The molecule has 0 spiro atoms. The number of hydrogen-bond donors (Lipinski definition) is 1. The quantitative estimate of drug-likeness (QED) is 0.613. The number of thioether (sulfide) groups is 1. The van der Waals surface area contributed by atoms with Gasteiger partial charge in [0.05, 0.1) is 5.75 Å². The van der Waals surface area contributed by atoms with E-state index < -0.39 is 0 Å². The molecule has 0 radical (unpaired) electrons. The number of carbonyl (C=O) groups excluding carboxylic acids is 1. The van der Waals surface area contributed by atoms with Crippen LogP contribution in [0.3, 0.4) is 0 Å². The summed E-state index contributed by atoms with van der Waals surface area (Å²) in [5.74, 6) is 1.19. The van der Waals surface area contributed by atoms with Crippen LogP contribution in [0.4, 0.5) is 5.69 Å². The molecule has 0 saturated heterocycles. The van der Waals surface area contributed by atoms with E-state index in [4.69, 9.17) is 9.15 Å². The molecule has 2 aromatic carbocycles. The smallest absolute Gasteiger partial charge is 0.277 e. The Labute approximate surface area is 162 Å². The Bertz CT molecular complexity index is 902. The van der Waals surface area contributed by atoms with Crippen molar-refractivity contribution in [2.24, 2.45) is 0 Å². The lowest BCUT2D eigenvalue weighted by Crippen LogP contribution is -2.13. The molecule has 0 atom stereocenters. The fraction of sp³-hybridized carbons (Fsp3) is 0.250. The second-order valence-corrected chi connectivity index (χ2v) is 7.20. The number of benzene rings is 2. The molecular weight excluding hydrogens is 362 g/mol. The minimum absolute atomic E-state index is 0.130. The highest BCUT2D eigenvalue weighted by atomic mass is 32.2. The summed E-state index contributed by atoms with van der Waals surface area (Å²) < 4.78 is 11.2. The van der Waals surface area contributed by atoms with Gasteiger partial charge in [-0.3, -0.25) is 4.79 Å². The van der Waals surface area contributed by atoms with Crippen molar-refractivity contribution in [2.75, 3.05) is 11.1 Å². The molecule has 0 aliphatic rings. The lowest BCUT2D eigenvalue weighted by molar-refractivity contribution is -0.113. The van der Waals surface area contributed by atoms with Crippen LogP contribution in [0, 0.1) is 20.8 Å². The SMILES string of the molecule is Cc1ccc(NC(=O)CSc2nnc(COc3cc(C)cc(C)c3)o2)cc1. The zero-order valence-corrected chi connectivity index (χ0v) is 16.3. The number of nitrogens with zero attached hydrogens (tertiary/aromatic N) is 2. The first-order valence-corrected chi connectivity index (χ1v) is 9.49. The minimum Gasteiger partial charge on any atom is -0.484 e. The number of anilines is 1. The Morgan fingerprint density at radius 1 is 1.04 bits per heavy atom. The van der Waals surface area contributed by atoms with Crippen LogP contribution in [0.2, 0.25) is 0 Å². The van der Waals surface area contributed by atoms with Gasteiger partial charge in [-0.2, -0.15) is 0 Å². The van der Waals surface area contributed by atoms with Gasteiger partial charge in [0.2, 0.25) is 5.91 Å². The number of aromatic nitrogens is 2. The Morgan fingerprint density at radius 3 is 2.44 bits per heavy atom. The molecule has 1 amide bonds. The summed E-state index contributed by atoms with van der Waals surface area (Å²) in [6.45, 7) is 6.22. The average molecular weight is 383 g/mol. The van der Waals surface area contributed by atoms with E-state index in [-0.39, 0.29) is 18.3 Å². The van der Waals surface area contributed by atoms with Gasteiger partial charge in [-0.25, -0.2) is 0 Å². The normalized spacial score (nSPS) is 10.6. The second-order valence-electron chi connectivity index (χ2n) is 6.28. The summed E-state index contributed by atoms with van der Waals surface area (Å²) in [6.07, 6.45) is 0. The third-order valence-electron chi connectivity index (χ3n) is 3.67. The summed E-state index contributed by atoms with van der Waals surface area (Å²) in [4.78, 5) is 12.0. The van der Waals surface area contributed by atoms with Crippen molar-refractivity contribution >= 4 is 23.4 Å². The van der Waals surface area contributed by atoms with E-state index in [9.17, 15) is 4.79 Å². The third-order valence-corrected chi connectivity index (χ3v) is 4.49. The largest absolute Gasteiger partial charge is 0.484 e. The predicted molar refractivity (Wildman–Crippen MR) is 105 cm³/mol. The maximum absolute atomic E-state index is 12.0. The predicted octanol–water partition coefficient (Wildman–Crippen LogP) is 4.30. The third kappa shape index (κ3) is 5.86. The molecule has 6 nitrogen and oxygen atoms in total. The lowest BCUT2D eigenvalue weighted by atomic mass is 10.1. The maximum Gasteiger partial charge on any atom is 0.277 e. The van der Waals surface area contributed by atoms with Crippen molar-refractivity contribution in [3.8, 4) is 5.75 Å². The standard InChI is InChI=1S/C20H21N3O3S/c1-13-4-6-16(7-5-13)21-18(24)12-27-20-23-22-19(26-20)11-25-17-9-14(2)8-15(3)10-17/h4-10H,11-12H2,1-3H3,(H,21,24). The monoisotopic (exact) mass is 383 g/mol. The van der Waals surface area contributed by atoms with E-state index >= 15 is 0 Å². The highest BCUT2D eigenvalue weighted by Crippen LogP contribution is 2.20. The number of aryl methyl sites for hydroxylation is 3. The highest BCUT2D eigenvalue weighted by molar-refractivity contribution is 7.99. The summed E-state index contributed by atoms with van der Waals surface area (Å²) in [5, 5.41) is 11.1. The topological polar surface area (TPSA) is 77.2 Å². The number of ether oxygens (including phenoxy) is 1. The Hall–Kier alpha value is -2.80. The van der Waals surface area contributed by atoms with Crippen LogP contribution in [0.5, 0.6) is 5.75 Å². The molecule has 0 saturated carbocycles. The highest BCUT2D eigenvalue weighted by Gasteiger charge is 2.11. The first kappa shape index (κ1) is 19.0. The van der Waals surface area contributed by atoms with Crippen molar-refractivity contribution in [1.82, 2.24) is 10.2 Å². The first-order valence-electron chi connectivity index (χ1n) is 8.51. The van der Waals surface area contributed by atoms with Gasteiger partial charge in [-0.15, -0.1) is 10.2 Å². The van der Waals surface area contributed by atoms with Crippen molar-refractivity contribution in [3.05, 3.63) is 65.0 Å². The van der Waals surface area contributed by atoms with Gasteiger partial charge >= 0.3 is 0 Å². The maximum atomic E-state index is 12.0. The van der Waals surface area contributed by atoms with E-state index in [1.165, 1.54) is 11.8 Å². The van der Waals surface area contributed by atoms with Gasteiger partial charge in [0.25, 0.3) is 11.1 Å². The number of carbonyl (C=O) groups is 1. The van der Waals surface area contributed by atoms with Gasteiger partial charge in [0.1, 0.15) is 5.75 Å². The molecule has 3 aromatic rings. The molecule has 3 rings (SSSR count). The average Bonchev–Trinajstić information content (AvgIpc) is 3.07. The molecule has 0 aliphatic carbocycles. The van der Waals surface area contributed by atoms with Gasteiger partial charge in [0.15, 0.2) is 6.61 Å². The van der Waals surface area contributed by atoms with Crippen LogP contribution in [0.1, 0.15) is 22.6 Å². The number of nitrogens with one attached hydrogen (secondary N) is 1. The molecule has 0 fully saturated rings. The fourth-order valence-corrected chi connectivity index (χ4v) is 3.06. The molecule has 0 aliphatic heterocycles. The molecule has 7 heteroatoms. The fourth-order valence-electron chi connectivity index (χ4n) is 2.48. The summed E-state index contributed by atoms with van der Waals surface area (Å²) in [7, 11) is 0. The van der Waals surface area contributed by atoms with Gasteiger partial charge in [-0.1, -0.05) is 35.5 Å². The van der Waals surface area contributed by atoms with Crippen LogP contribution < -0.4 is 10.1 Å². The van der Waals surface area contributed by atoms with E-state index in [1.807, 2.05) is 57.2 Å². The lowest BCUT2D eigenvalue weighted by Gasteiger charge is -2.05. The Kier molecular flexibility index (Phi) is 6.13.